The fraction of sp³-hybridized carbons (Fsp3) is 0.952. The van der Waals surface area contributed by atoms with Crippen molar-refractivity contribution in [3.8, 4) is 0 Å². The number of ether oxygens (including phenoxy) is 4. The van der Waals surface area contributed by atoms with Gasteiger partial charge in [0.05, 0.1) is 26.4 Å². The highest BCUT2D eigenvalue weighted by atomic mass is 31.2. The van der Waals surface area contributed by atoms with Crippen molar-refractivity contribution in [1.82, 2.24) is 0 Å². The molecule has 0 amide bonds. The number of esters is 4. The van der Waals surface area contributed by atoms with Gasteiger partial charge in [-0.1, -0.05) is 388 Å². The van der Waals surface area contributed by atoms with Gasteiger partial charge in [-0.15, -0.1) is 0 Å². The molecule has 5 atom stereocenters. The van der Waals surface area contributed by atoms with Crippen LogP contribution in [0.15, 0.2) is 0 Å². The maximum absolute atomic E-state index is 13.1. The van der Waals surface area contributed by atoms with Crippen LogP contribution in [0.2, 0.25) is 0 Å². The van der Waals surface area contributed by atoms with Gasteiger partial charge in [0.15, 0.2) is 12.2 Å². The first-order chi connectivity index (χ1) is 49.4. The molecule has 0 aliphatic carbocycles. The molecular weight excluding hydrogens is 1330 g/mol. The fourth-order valence-corrected chi connectivity index (χ4v) is 14.5. The Morgan fingerprint density at radius 1 is 0.265 bits per heavy atom. The molecule has 0 aromatic rings. The lowest BCUT2D eigenvalue weighted by Crippen LogP contribution is -2.30. The summed E-state index contributed by atoms with van der Waals surface area (Å²) in [5.41, 5.74) is 0. The fourth-order valence-electron chi connectivity index (χ4n) is 12.9. The SMILES string of the molecule is CCCCCCCCCCCCCCCCCCCCCCC(=O)O[C@H](COC(=O)CCCCCCCCCCCCCCCCCC(C)C)COP(=O)(O)OC[C@@H](O)COP(=O)(O)OC[C@@H](COC(=O)CCCCCCCCCCCCC)OC(=O)CCCCCCCCCCCCC(C)C. The van der Waals surface area contributed by atoms with Crippen LogP contribution in [0.25, 0.3) is 0 Å². The normalized spacial score (nSPS) is 13.9. The minimum Gasteiger partial charge on any atom is -0.462 e. The smallest absolute Gasteiger partial charge is 0.462 e. The first-order valence-electron chi connectivity index (χ1n) is 43.0. The molecule has 0 aromatic heterocycles. The summed E-state index contributed by atoms with van der Waals surface area (Å²) in [6.45, 7) is 9.66. The van der Waals surface area contributed by atoms with Gasteiger partial charge in [-0.25, -0.2) is 9.13 Å². The Labute approximate surface area is 626 Å². The molecule has 3 N–H and O–H groups in total. The maximum Gasteiger partial charge on any atom is 0.472 e. The summed E-state index contributed by atoms with van der Waals surface area (Å²) < 4.78 is 68.8. The maximum atomic E-state index is 13.1. The molecule has 0 aromatic carbocycles. The second kappa shape index (κ2) is 74.5. The Bertz CT molecular complexity index is 1960. The average molecular weight is 1490 g/mol. The summed E-state index contributed by atoms with van der Waals surface area (Å²) in [4.78, 5) is 73.1. The van der Waals surface area contributed by atoms with Gasteiger partial charge in [-0.05, 0) is 37.5 Å². The number of phosphoric acid groups is 2. The Morgan fingerprint density at radius 3 is 0.667 bits per heavy atom. The van der Waals surface area contributed by atoms with Gasteiger partial charge in [0.2, 0.25) is 0 Å². The first kappa shape index (κ1) is 100. The summed E-state index contributed by atoms with van der Waals surface area (Å²) in [7, 11) is -9.92. The second-order valence-corrected chi connectivity index (χ2v) is 33.7. The molecule has 19 heteroatoms. The van der Waals surface area contributed by atoms with Crippen molar-refractivity contribution in [2.45, 2.75) is 458 Å². The van der Waals surface area contributed by atoms with E-state index in [0.717, 1.165) is 102 Å². The zero-order valence-corrected chi connectivity index (χ0v) is 68.7. The molecule has 0 fully saturated rings. The highest BCUT2D eigenvalue weighted by molar-refractivity contribution is 7.47. The molecule has 0 radical (unpaired) electrons. The van der Waals surface area contributed by atoms with E-state index in [2.05, 4.69) is 41.5 Å². The van der Waals surface area contributed by atoms with Gasteiger partial charge in [0.1, 0.15) is 19.3 Å². The molecule has 0 rings (SSSR count). The van der Waals surface area contributed by atoms with E-state index in [1.54, 1.807) is 0 Å². The summed E-state index contributed by atoms with van der Waals surface area (Å²) in [6.07, 6.45) is 65.2. The highest BCUT2D eigenvalue weighted by Gasteiger charge is 2.30. The third kappa shape index (κ3) is 76.3. The third-order valence-corrected chi connectivity index (χ3v) is 21.4. The lowest BCUT2D eigenvalue weighted by atomic mass is 10.0. The summed E-state index contributed by atoms with van der Waals surface area (Å²) in [5.74, 6) is -0.547. The van der Waals surface area contributed by atoms with Crippen molar-refractivity contribution in [3.05, 3.63) is 0 Å². The van der Waals surface area contributed by atoms with E-state index < -0.39 is 97.5 Å². The van der Waals surface area contributed by atoms with E-state index in [1.807, 2.05) is 0 Å². The molecule has 0 saturated carbocycles. The van der Waals surface area contributed by atoms with Gasteiger partial charge in [0, 0.05) is 25.7 Å². The lowest BCUT2D eigenvalue weighted by Gasteiger charge is -2.21. The standard InChI is InChI=1S/C83H162O17P2/c1-7-9-11-13-15-17-19-20-21-22-23-24-25-28-32-36-43-49-55-61-67-82(87)99-78(72-94-81(86)66-60-54-48-42-35-31-29-26-27-30-34-39-45-51-57-63-75(3)4)73-97-101(89,90)95-69-77(84)70-96-102(91,92)98-74-79(71-93-80(85)65-59-53-47-41-33-18-16-14-12-10-8-2)100-83(88)68-62-56-50-44-38-37-40-46-52-58-64-76(5)6/h75-79,84H,7-74H2,1-6H3,(H,89,90)(H,91,92)/t77-,78-,79-/m1/s1. The molecule has 17 nitrogen and oxygen atoms in total. The Morgan fingerprint density at radius 2 is 0.451 bits per heavy atom. The Hall–Kier alpha value is -1.94. The van der Waals surface area contributed by atoms with Gasteiger partial charge >= 0.3 is 39.5 Å². The zero-order chi connectivity index (χ0) is 74.9. The van der Waals surface area contributed by atoms with Crippen molar-refractivity contribution in [2.75, 3.05) is 39.6 Å². The summed E-state index contributed by atoms with van der Waals surface area (Å²) in [6, 6.07) is 0. The predicted octanol–water partition coefficient (Wildman–Crippen LogP) is 25.1. The number of carbonyl (C=O) groups excluding carboxylic acids is 4. The van der Waals surface area contributed by atoms with E-state index in [-0.39, 0.29) is 25.7 Å². The van der Waals surface area contributed by atoms with Crippen LogP contribution in [0, 0.1) is 11.8 Å². The van der Waals surface area contributed by atoms with Crippen LogP contribution >= 0.6 is 15.6 Å². The molecule has 0 aliphatic heterocycles. The van der Waals surface area contributed by atoms with Crippen molar-refractivity contribution in [1.29, 1.82) is 0 Å². The molecule has 606 valence electrons. The van der Waals surface area contributed by atoms with Crippen LogP contribution in [-0.4, -0.2) is 96.7 Å². The van der Waals surface area contributed by atoms with Crippen molar-refractivity contribution < 1.29 is 80.2 Å². The number of rotatable bonds is 82. The monoisotopic (exact) mass is 1490 g/mol. The average Bonchev–Trinajstić information content (AvgIpc) is 1.00. The number of hydrogen-bond donors (Lipinski definition) is 3. The number of hydrogen-bond acceptors (Lipinski definition) is 15. The number of aliphatic hydroxyl groups is 1. The third-order valence-electron chi connectivity index (χ3n) is 19.5. The van der Waals surface area contributed by atoms with Crippen LogP contribution in [0.3, 0.4) is 0 Å². The van der Waals surface area contributed by atoms with Gasteiger partial charge < -0.3 is 33.8 Å². The van der Waals surface area contributed by atoms with E-state index in [0.29, 0.717) is 25.7 Å². The molecule has 0 spiro atoms. The number of unbranched alkanes of at least 4 members (excludes halogenated alkanes) is 52. The van der Waals surface area contributed by atoms with Crippen LogP contribution in [0.5, 0.6) is 0 Å². The summed E-state index contributed by atoms with van der Waals surface area (Å²) >= 11 is 0. The minimum atomic E-state index is -4.96. The van der Waals surface area contributed by atoms with E-state index >= 15 is 0 Å². The predicted molar refractivity (Wildman–Crippen MR) is 418 cm³/mol. The largest absolute Gasteiger partial charge is 0.472 e. The van der Waals surface area contributed by atoms with Crippen molar-refractivity contribution in [3.63, 3.8) is 0 Å². The molecule has 2 unspecified atom stereocenters. The molecule has 0 saturated heterocycles. The van der Waals surface area contributed by atoms with E-state index in [9.17, 15) is 43.2 Å². The Balaban J connectivity index is 5.23. The van der Waals surface area contributed by atoms with Crippen LogP contribution in [0.4, 0.5) is 0 Å². The number of aliphatic hydroxyl groups excluding tert-OH is 1. The van der Waals surface area contributed by atoms with Crippen molar-refractivity contribution >= 4 is 39.5 Å². The van der Waals surface area contributed by atoms with E-state index in [4.69, 9.17) is 37.0 Å². The molecule has 102 heavy (non-hydrogen) atoms. The van der Waals surface area contributed by atoms with Gasteiger partial charge in [-0.3, -0.25) is 37.3 Å². The minimum absolute atomic E-state index is 0.106. The van der Waals surface area contributed by atoms with Gasteiger partial charge in [0.25, 0.3) is 0 Å². The molecular formula is C83H162O17P2. The molecule has 0 bridgehead atoms. The van der Waals surface area contributed by atoms with Crippen molar-refractivity contribution in [2.24, 2.45) is 11.8 Å². The van der Waals surface area contributed by atoms with Gasteiger partial charge in [-0.2, -0.15) is 0 Å². The zero-order valence-electron chi connectivity index (χ0n) is 66.9. The molecule has 0 aliphatic rings. The highest BCUT2D eigenvalue weighted by Crippen LogP contribution is 2.45. The van der Waals surface area contributed by atoms with Crippen LogP contribution < -0.4 is 0 Å². The lowest BCUT2D eigenvalue weighted by molar-refractivity contribution is -0.161. The molecule has 0 heterocycles. The second-order valence-electron chi connectivity index (χ2n) is 30.8. The number of phosphoric ester groups is 2. The first-order valence-corrected chi connectivity index (χ1v) is 46.0. The van der Waals surface area contributed by atoms with Crippen LogP contribution in [0.1, 0.15) is 440 Å². The van der Waals surface area contributed by atoms with E-state index in [1.165, 1.54) is 257 Å². The Kier molecular flexibility index (Phi) is 73.1. The quantitative estimate of drug-likeness (QED) is 0.0222. The van der Waals surface area contributed by atoms with Crippen LogP contribution in [-0.2, 0) is 65.4 Å². The number of carbonyl (C=O) groups is 4. The summed E-state index contributed by atoms with van der Waals surface area (Å²) in [5, 5.41) is 10.7. The topological polar surface area (TPSA) is 237 Å².